The van der Waals surface area contributed by atoms with E-state index in [1.807, 2.05) is 0 Å². The summed E-state index contributed by atoms with van der Waals surface area (Å²) < 4.78 is 38.3. The van der Waals surface area contributed by atoms with Gasteiger partial charge in [-0.3, -0.25) is 14.6 Å². The van der Waals surface area contributed by atoms with E-state index in [0.29, 0.717) is 11.1 Å². The molecule has 0 fully saturated rings. The molecule has 104 valence electrons. The maximum atomic E-state index is 12.8. The minimum Gasteiger partial charge on any atom is -0.341 e. The van der Waals surface area contributed by atoms with Crippen molar-refractivity contribution in [3.05, 3.63) is 29.6 Å². The molecule has 0 N–H and O–H groups in total. The van der Waals surface area contributed by atoms with Gasteiger partial charge in [0, 0.05) is 12.4 Å². The maximum absolute atomic E-state index is 12.8. The lowest BCUT2D eigenvalue weighted by Gasteiger charge is -2.23. The summed E-state index contributed by atoms with van der Waals surface area (Å²) in [5.41, 5.74) is -1.81. The number of hydrogen-bond donors (Lipinski definition) is 0. The van der Waals surface area contributed by atoms with Crippen molar-refractivity contribution in [2.75, 3.05) is 0 Å². The van der Waals surface area contributed by atoms with E-state index in [1.165, 1.54) is 13.8 Å². The molecule has 0 aliphatic rings. The Kier molecular flexibility index (Phi) is 4.47. The number of nitrogens with zero attached hydrogens (tertiary/aromatic N) is 2. The van der Waals surface area contributed by atoms with Gasteiger partial charge in [-0.25, -0.2) is 0 Å². The molecule has 5 nitrogen and oxygen atoms in total. The molecule has 1 rings (SSSR count). The highest BCUT2D eigenvalue weighted by molar-refractivity contribution is 5.95. The van der Waals surface area contributed by atoms with E-state index < -0.39 is 29.3 Å². The number of carbonyl (C=O) groups excluding carboxylic acids is 2. The highest BCUT2D eigenvalue weighted by Gasteiger charge is 2.37. The number of halogens is 3. The largest absolute Gasteiger partial charge is 0.417 e. The Morgan fingerprint density at radius 1 is 1.47 bits per heavy atom. The average Bonchev–Trinajstić information content (AvgIpc) is 2.33. The van der Waals surface area contributed by atoms with Crippen LogP contribution < -0.4 is 0 Å². The summed E-state index contributed by atoms with van der Waals surface area (Å²) in [6.45, 7) is 2.96. The zero-order valence-corrected chi connectivity index (χ0v) is 10.1. The molecule has 0 atom stereocenters. The number of alkyl halides is 3. The Bertz CT molecular complexity index is 474. The van der Waals surface area contributed by atoms with E-state index in [-0.39, 0.29) is 6.47 Å². The standard InChI is InChI=1S/C11H11F3N2O3/c1-7(2)16(19-6-17)10(18)8-5-15-4-3-9(8)11(12,13)14/h3-7H,1-2H3. The normalized spacial score (nSPS) is 11.3. The lowest BCUT2D eigenvalue weighted by Crippen LogP contribution is -2.37. The summed E-state index contributed by atoms with van der Waals surface area (Å²) >= 11 is 0. The van der Waals surface area contributed by atoms with Crippen LogP contribution in [-0.2, 0) is 15.8 Å². The van der Waals surface area contributed by atoms with Gasteiger partial charge in [0.15, 0.2) is 0 Å². The van der Waals surface area contributed by atoms with Crippen molar-refractivity contribution in [3.8, 4) is 0 Å². The number of aromatic nitrogens is 1. The van der Waals surface area contributed by atoms with Gasteiger partial charge in [-0.05, 0) is 19.9 Å². The fourth-order valence-corrected chi connectivity index (χ4v) is 1.38. The van der Waals surface area contributed by atoms with E-state index in [0.717, 1.165) is 12.4 Å². The van der Waals surface area contributed by atoms with Gasteiger partial charge < -0.3 is 4.84 Å². The maximum Gasteiger partial charge on any atom is 0.417 e. The molecule has 0 aliphatic heterocycles. The fraction of sp³-hybridized carbons (Fsp3) is 0.364. The highest BCUT2D eigenvalue weighted by atomic mass is 19.4. The van der Waals surface area contributed by atoms with Crippen molar-refractivity contribution < 1.29 is 27.6 Å². The summed E-state index contributed by atoms with van der Waals surface area (Å²) in [6, 6.07) is 0.0751. The monoisotopic (exact) mass is 276 g/mol. The van der Waals surface area contributed by atoms with Gasteiger partial charge in [-0.1, -0.05) is 0 Å². The molecule has 1 aromatic rings. The Hall–Kier alpha value is -2.12. The van der Waals surface area contributed by atoms with E-state index in [2.05, 4.69) is 9.82 Å². The molecule has 0 aliphatic carbocycles. The van der Waals surface area contributed by atoms with Crippen LogP contribution in [0.2, 0.25) is 0 Å². The fourth-order valence-electron chi connectivity index (χ4n) is 1.38. The van der Waals surface area contributed by atoms with E-state index in [9.17, 15) is 22.8 Å². The van der Waals surface area contributed by atoms with Crippen LogP contribution in [0.3, 0.4) is 0 Å². The lowest BCUT2D eigenvalue weighted by molar-refractivity contribution is -0.167. The number of pyridine rings is 1. The first kappa shape index (κ1) is 14.9. The van der Waals surface area contributed by atoms with Crippen LogP contribution in [0.15, 0.2) is 18.5 Å². The summed E-state index contributed by atoms with van der Waals surface area (Å²) in [5, 5.41) is 0.555. The smallest absolute Gasteiger partial charge is 0.341 e. The Labute approximate surface area is 106 Å². The molecule has 0 unspecified atom stereocenters. The molecule has 0 radical (unpaired) electrons. The van der Waals surface area contributed by atoms with Crippen molar-refractivity contribution >= 4 is 12.4 Å². The molecule has 1 amide bonds. The van der Waals surface area contributed by atoms with Gasteiger partial charge >= 0.3 is 12.6 Å². The molecule has 1 aromatic heterocycles. The Morgan fingerprint density at radius 3 is 2.58 bits per heavy atom. The quantitative estimate of drug-likeness (QED) is 0.623. The molecule has 0 bridgehead atoms. The van der Waals surface area contributed by atoms with E-state index >= 15 is 0 Å². The summed E-state index contributed by atoms with van der Waals surface area (Å²) in [5.74, 6) is -1.08. The molecule has 8 heteroatoms. The molecule has 19 heavy (non-hydrogen) atoms. The molecule has 0 saturated heterocycles. The SMILES string of the molecule is CC(C)N(OC=O)C(=O)c1cnccc1C(F)(F)F. The van der Waals surface area contributed by atoms with Gasteiger partial charge in [0.05, 0.1) is 17.2 Å². The minimum atomic E-state index is -4.70. The number of rotatable bonds is 4. The second kappa shape index (κ2) is 5.68. The summed E-state index contributed by atoms with van der Waals surface area (Å²) in [7, 11) is 0. The molecular weight excluding hydrogens is 265 g/mol. The van der Waals surface area contributed by atoms with Crippen LogP contribution in [-0.4, -0.2) is 28.5 Å². The first-order chi connectivity index (χ1) is 8.79. The van der Waals surface area contributed by atoms with Crippen molar-refractivity contribution in [1.82, 2.24) is 10.0 Å². The van der Waals surface area contributed by atoms with E-state index in [4.69, 9.17) is 0 Å². The summed E-state index contributed by atoms with van der Waals surface area (Å²) in [4.78, 5) is 30.1. The first-order valence-corrected chi connectivity index (χ1v) is 5.24. The minimum absolute atomic E-state index is 0.0263. The van der Waals surface area contributed by atoms with Crippen LogP contribution in [0.25, 0.3) is 0 Å². The average molecular weight is 276 g/mol. The zero-order valence-electron chi connectivity index (χ0n) is 10.1. The molecular formula is C11H11F3N2O3. The molecule has 0 aromatic carbocycles. The molecule has 1 heterocycles. The Balaban J connectivity index is 3.22. The number of carbonyl (C=O) groups is 2. The third-order valence-electron chi connectivity index (χ3n) is 2.18. The van der Waals surface area contributed by atoms with Crippen molar-refractivity contribution in [2.45, 2.75) is 26.1 Å². The number of hydroxylamine groups is 2. The van der Waals surface area contributed by atoms with Crippen molar-refractivity contribution in [3.63, 3.8) is 0 Å². The van der Waals surface area contributed by atoms with Crippen molar-refractivity contribution in [2.24, 2.45) is 0 Å². The van der Waals surface area contributed by atoms with Crippen LogP contribution in [0.1, 0.15) is 29.8 Å². The zero-order chi connectivity index (χ0) is 14.6. The van der Waals surface area contributed by atoms with Crippen molar-refractivity contribution in [1.29, 1.82) is 0 Å². The highest BCUT2D eigenvalue weighted by Crippen LogP contribution is 2.32. The predicted molar refractivity (Wildman–Crippen MR) is 57.7 cm³/mol. The van der Waals surface area contributed by atoms with Crippen LogP contribution in [0.4, 0.5) is 13.2 Å². The summed E-state index contributed by atoms with van der Waals surface area (Å²) in [6.07, 6.45) is -2.98. The molecule has 0 saturated carbocycles. The lowest BCUT2D eigenvalue weighted by atomic mass is 10.1. The molecule has 0 spiro atoms. The van der Waals surface area contributed by atoms with Gasteiger partial charge in [-0.15, -0.1) is 0 Å². The predicted octanol–water partition coefficient (Wildman–Crippen LogP) is 2.04. The van der Waals surface area contributed by atoms with Crippen LogP contribution >= 0.6 is 0 Å². The van der Waals surface area contributed by atoms with Gasteiger partial charge in [0.1, 0.15) is 0 Å². The van der Waals surface area contributed by atoms with Crippen LogP contribution in [0.5, 0.6) is 0 Å². The third kappa shape index (κ3) is 3.43. The Morgan fingerprint density at radius 2 is 2.11 bits per heavy atom. The van der Waals surface area contributed by atoms with Gasteiger partial charge in [-0.2, -0.15) is 18.2 Å². The van der Waals surface area contributed by atoms with Crippen LogP contribution in [0, 0.1) is 0 Å². The topological polar surface area (TPSA) is 59.5 Å². The van der Waals surface area contributed by atoms with E-state index in [1.54, 1.807) is 0 Å². The second-order valence-electron chi connectivity index (χ2n) is 3.85. The number of amides is 1. The second-order valence-corrected chi connectivity index (χ2v) is 3.85. The van der Waals surface area contributed by atoms with Gasteiger partial charge in [0.2, 0.25) is 0 Å². The number of hydrogen-bond acceptors (Lipinski definition) is 4. The van der Waals surface area contributed by atoms with Gasteiger partial charge in [0.25, 0.3) is 5.91 Å². The first-order valence-electron chi connectivity index (χ1n) is 5.24. The third-order valence-corrected chi connectivity index (χ3v) is 2.18.